The van der Waals surface area contributed by atoms with E-state index in [0.717, 1.165) is 24.2 Å². The highest BCUT2D eigenvalue weighted by atomic mass is 16.5. The van der Waals surface area contributed by atoms with Crippen LogP contribution in [0, 0.1) is 0 Å². The largest absolute Gasteiger partial charge is 0.496 e. The van der Waals surface area contributed by atoms with Crippen LogP contribution in [-0.2, 0) is 9.53 Å². The summed E-state index contributed by atoms with van der Waals surface area (Å²) in [6.07, 6.45) is 1.19. The fourth-order valence-electron chi connectivity index (χ4n) is 2.48. The Balaban J connectivity index is 1.97. The van der Waals surface area contributed by atoms with E-state index in [9.17, 15) is 4.79 Å². The molecule has 1 aromatic rings. The third-order valence-corrected chi connectivity index (χ3v) is 3.63. The van der Waals surface area contributed by atoms with E-state index >= 15 is 0 Å². The number of carbonyl (C=O) groups is 1. The molecule has 110 valence electrons. The van der Waals surface area contributed by atoms with Gasteiger partial charge in [0.25, 0.3) is 0 Å². The number of hydrogen-bond donors (Lipinski definition) is 2. The lowest BCUT2D eigenvalue weighted by atomic mass is 10.1. The molecule has 3 N–H and O–H groups in total. The van der Waals surface area contributed by atoms with Gasteiger partial charge in [0.1, 0.15) is 11.9 Å². The van der Waals surface area contributed by atoms with Crippen LogP contribution < -0.4 is 15.8 Å². The van der Waals surface area contributed by atoms with Crippen LogP contribution in [0.3, 0.4) is 0 Å². The summed E-state index contributed by atoms with van der Waals surface area (Å²) in [6, 6.07) is 7.54. The average Bonchev–Trinajstić information content (AvgIpc) is 2.96. The second-order valence-corrected chi connectivity index (χ2v) is 5.03. The number of amides is 1. The summed E-state index contributed by atoms with van der Waals surface area (Å²) in [7, 11) is 1.62. The van der Waals surface area contributed by atoms with Crippen molar-refractivity contribution in [1.82, 2.24) is 5.32 Å². The molecule has 0 radical (unpaired) electrons. The topological polar surface area (TPSA) is 73.6 Å². The molecule has 0 bridgehead atoms. The van der Waals surface area contributed by atoms with Crippen molar-refractivity contribution in [2.24, 2.45) is 5.73 Å². The molecule has 1 fully saturated rings. The van der Waals surface area contributed by atoms with Crippen LogP contribution in [0.5, 0.6) is 5.75 Å². The zero-order valence-corrected chi connectivity index (χ0v) is 12.0. The molecule has 5 nitrogen and oxygen atoms in total. The van der Waals surface area contributed by atoms with Crippen LogP contribution in [0.4, 0.5) is 0 Å². The molecule has 1 heterocycles. The van der Waals surface area contributed by atoms with E-state index in [1.54, 1.807) is 7.11 Å². The van der Waals surface area contributed by atoms with Gasteiger partial charge in [-0.1, -0.05) is 18.2 Å². The fourth-order valence-corrected chi connectivity index (χ4v) is 2.48. The maximum absolute atomic E-state index is 12.2. The van der Waals surface area contributed by atoms with Gasteiger partial charge in [0.2, 0.25) is 5.91 Å². The Labute approximate surface area is 119 Å². The second-order valence-electron chi connectivity index (χ2n) is 5.03. The minimum atomic E-state index is -0.388. The monoisotopic (exact) mass is 278 g/mol. The van der Waals surface area contributed by atoms with Crippen LogP contribution in [-0.4, -0.2) is 31.8 Å². The highest BCUT2D eigenvalue weighted by Crippen LogP contribution is 2.25. The van der Waals surface area contributed by atoms with Gasteiger partial charge in [-0.2, -0.15) is 0 Å². The van der Waals surface area contributed by atoms with E-state index in [4.69, 9.17) is 15.2 Å². The van der Waals surface area contributed by atoms with Crippen molar-refractivity contribution in [3.63, 3.8) is 0 Å². The highest BCUT2D eigenvalue weighted by Gasteiger charge is 2.30. The van der Waals surface area contributed by atoms with Crippen molar-refractivity contribution in [3.05, 3.63) is 29.8 Å². The molecule has 0 aliphatic carbocycles. The lowest BCUT2D eigenvalue weighted by molar-refractivity contribution is -0.132. The molecule has 1 saturated heterocycles. The molecule has 1 aliphatic heterocycles. The van der Waals surface area contributed by atoms with Gasteiger partial charge >= 0.3 is 0 Å². The molecule has 5 heteroatoms. The number of carbonyl (C=O) groups excluding carboxylic acids is 1. The number of benzene rings is 1. The van der Waals surface area contributed by atoms with Gasteiger partial charge in [-0.3, -0.25) is 4.79 Å². The Morgan fingerprint density at radius 1 is 1.50 bits per heavy atom. The number of hydrogen-bond acceptors (Lipinski definition) is 4. The number of ether oxygens (including phenoxy) is 2. The Kier molecular flexibility index (Phi) is 4.98. The first-order valence-corrected chi connectivity index (χ1v) is 6.94. The molecular formula is C15H22N2O3. The van der Waals surface area contributed by atoms with Crippen molar-refractivity contribution in [3.8, 4) is 5.75 Å². The van der Waals surface area contributed by atoms with E-state index in [-0.39, 0.29) is 24.2 Å². The van der Waals surface area contributed by atoms with Crippen molar-refractivity contribution < 1.29 is 14.3 Å². The van der Waals surface area contributed by atoms with Gasteiger partial charge in [0.05, 0.1) is 19.3 Å². The second kappa shape index (κ2) is 6.72. The molecular weight excluding hydrogens is 256 g/mol. The first-order chi connectivity index (χ1) is 9.65. The number of nitrogens with two attached hydrogens (primary N) is 1. The summed E-state index contributed by atoms with van der Waals surface area (Å²) in [5.74, 6) is 0.687. The minimum Gasteiger partial charge on any atom is -0.496 e. The van der Waals surface area contributed by atoms with E-state index in [1.807, 2.05) is 31.2 Å². The van der Waals surface area contributed by atoms with Gasteiger partial charge in [-0.15, -0.1) is 0 Å². The molecule has 3 atom stereocenters. The summed E-state index contributed by atoms with van der Waals surface area (Å²) >= 11 is 0. The predicted octanol–water partition coefficient (Wildman–Crippen LogP) is 1.38. The molecule has 1 aliphatic rings. The highest BCUT2D eigenvalue weighted by molar-refractivity contribution is 5.81. The zero-order chi connectivity index (χ0) is 14.5. The summed E-state index contributed by atoms with van der Waals surface area (Å²) in [6.45, 7) is 2.40. The quantitative estimate of drug-likeness (QED) is 0.853. The van der Waals surface area contributed by atoms with E-state index in [2.05, 4.69) is 5.32 Å². The average molecular weight is 278 g/mol. The molecule has 20 heavy (non-hydrogen) atoms. The SMILES string of the molecule is COc1ccccc1C(C)NC(=O)[C@@H]1CC[C@H](CN)O1. The van der Waals surface area contributed by atoms with Crippen LogP contribution >= 0.6 is 0 Å². The lowest BCUT2D eigenvalue weighted by Crippen LogP contribution is -2.37. The molecule has 1 unspecified atom stereocenters. The van der Waals surface area contributed by atoms with Gasteiger partial charge in [0.15, 0.2) is 0 Å². The van der Waals surface area contributed by atoms with E-state index in [1.165, 1.54) is 0 Å². The maximum Gasteiger partial charge on any atom is 0.249 e. The molecule has 0 saturated carbocycles. The summed E-state index contributed by atoms with van der Waals surface area (Å²) in [5.41, 5.74) is 6.51. The molecule has 0 aromatic heterocycles. The fraction of sp³-hybridized carbons (Fsp3) is 0.533. The lowest BCUT2D eigenvalue weighted by Gasteiger charge is -2.19. The Bertz CT molecular complexity index is 464. The van der Waals surface area contributed by atoms with Gasteiger partial charge < -0.3 is 20.5 Å². The standard InChI is InChI=1S/C15H22N2O3/c1-10(12-5-3-4-6-13(12)19-2)17-15(18)14-8-7-11(9-16)20-14/h3-6,10-11,14H,7-9,16H2,1-2H3,(H,17,18)/t10?,11-,14+/m1/s1. The number of para-hydroxylation sites is 1. The first kappa shape index (κ1) is 14.8. The molecule has 1 aromatic carbocycles. The minimum absolute atomic E-state index is 0.00678. The Hall–Kier alpha value is -1.59. The van der Waals surface area contributed by atoms with Gasteiger partial charge in [-0.25, -0.2) is 0 Å². The maximum atomic E-state index is 12.2. The molecule has 1 amide bonds. The Morgan fingerprint density at radius 3 is 2.90 bits per heavy atom. The third-order valence-electron chi connectivity index (χ3n) is 3.63. The van der Waals surface area contributed by atoms with Crippen molar-refractivity contribution in [2.45, 2.75) is 38.0 Å². The normalized spacial score (nSPS) is 23.4. The van der Waals surface area contributed by atoms with Gasteiger partial charge in [-0.05, 0) is 25.8 Å². The Morgan fingerprint density at radius 2 is 2.25 bits per heavy atom. The smallest absolute Gasteiger partial charge is 0.249 e. The van der Waals surface area contributed by atoms with Crippen molar-refractivity contribution in [2.75, 3.05) is 13.7 Å². The van der Waals surface area contributed by atoms with Crippen molar-refractivity contribution >= 4 is 5.91 Å². The van der Waals surface area contributed by atoms with Crippen LogP contribution in [0.15, 0.2) is 24.3 Å². The molecule has 2 rings (SSSR count). The van der Waals surface area contributed by atoms with Crippen molar-refractivity contribution in [1.29, 1.82) is 0 Å². The zero-order valence-electron chi connectivity index (χ0n) is 12.0. The number of rotatable bonds is 5. The van der Waals surface area contributed by atoms with E-state index in [0.29, 0.717) is 6.54 Å². The number of methoxy groups -OCH3 is 1. The van der Waals surface area contributed by atoms with Crippen LogP contribution in [0.1, 0.15) is 31.4 Å². The van der Waals surface area contributed by atoms with E-state index < -0.39 is 0 Å². The summed E-state index contributed by atoms with van der Waals surface area (Å²) < 4.78 is 10.9. The third kappa shape index (κ3) is 3.29. The molecule has 0 spiro atoms. The summed E-state index contributed by atoms with van der Waals surface area (Å²) in [4.78, 5) is 12.2. The number of nitrogens with one attached hydrogen (secondary N) is 1. The van der Waals surface area contributed by atoms with Crippen LogP contribution in [0.2, 0.25) is 0 Å². The van der Waals surface area contributed by atoms with Gasteiger partial charge in [0, 0.05) is 12.1 Å². The first-order valence-electron chi connectivity index (χ1n) is 6.94. The van der Waals surface area contributed by atoms with Crippen LogP contribution in [0.25, 0.3) is 0 Å². The predicted molar refractivity (Wildman–Crippen MR) is 76.5 cm³/mol. The summed E-state index contributed by atoms with van der Waals surface area (Å²) in [5, 5.41) is 2.97.